The van der Waals surface area contributed by atoms with Crippen molar-refractivity contribution in [2.75, 3.05) is 13.7 Å². The first kappa shape index (κ1) is 26.8. The Morgan fingerprint density at radius 2 is 1.38 bits per heavy atom. The quantitative estimate of drug-likeness (QED) is 0.311. The number of carbonyl (C=O) groups excluding carboxylic acids is 2. The van der Waals surface area contributed by atoms with Crippen molar-refractivity contribution in [1.29, 1.82) is 0 Å². The molecule has 1 amide bonds. The number of nitrogens with zero attached hydrogens (tertiary/aromatic N) is 1. The summed E-state index contributed by atoms with van der Waals surface area (Å²) in [5.41, 5.74) is 0.655. The van der Waals surface area contributed by atoms with E-state index in [0.717, 1.165) is 0 Å². The third kappa shape index (κ3) is 5.70. The highest BCUT2D eigenvalue weighted by molar-refractivity contribution is 6.99. The summed E-state index contributed by atoms with van der Waals surface area (Å²) in [5, 5.41) is 2.30. The molecule has 194 valence electrons. The van der Waals surface area contributed by atoms with Crippen LogP contribution in [0.15, 0.2) is 91.0 Å². The number of hydrogen-bond acceptors (Lipinski definition) is 4. The van der Waals surface area contributed by atoms with Crippen molar-refractivity contribution < 1.29 is 18.8 Å². The molecule has 0 N–H and O–H groups in total. The molecule has 6 heteroatoms. The van der Waals surface area contributed by atoms with Crippen LogP contribution in [0.1, 0.15) is 50.4 Å². The Kier molecular flexibility index (Phi) is 8.30. The number of likely N-dealkylation sites (tertiary alicyclic amines) is 1. The lowest BCUT2D eigenvalue weighted by atomic mass is 9.93. The normalized spacial score (nSPS) is 18.3. The smallest absolute Gasteiger partial charge is 0.409 e. The lowest BCUT2D eigenvalue weighted by Gasteiger charge is -2.47. The number of ketones is 1. The zero-order valence-electron chi connectivity index (χ0n) is 22.2. The van der Waals surface area contributed by atoms with Gasteiger partial charge in [0.25, 0.3) is 8.32 Å². The molecule has 1 heterocycles. The first-order chi connectivity index (χ1) is 17.8. The predicted octanol–water partition coefficient (Wildman–Crippen LogP) is 5.44. The topological polar surface area (TPSA) is 55.8 Å². The van der Waals surface area contributed by atoms with E-state index in [4.69, 9.17) is 9.16 Å². The van der Waals surface area contributed by atoms with Gasteiger partial charge in [0, 0.05) is 30.7 Å². The molecule has 37 heavy (non-hydrogen) atoms. The Labute approximate surface area is 221 Å². The second-order valence-corrected chi connectivity index (χ2v) is 15.0. The van der Waals surface area contributed by atoms with Crippen LogP contribution < -0.4 is 10.4 Å². The Hall–Kier alpha value is -3.22. The van der Waals surface area contributed by atoms with Gasteiger partial charge in [-0.25, -0.2) is 4.79 Å². The van der Waals surface area contributed by atoms with Crippen LogP contribution in [-0.2, 0) is 9.16 Å². The molecule has 0 unspecified atom stereocenters. The number of Topliss-reactive ketones (excluding diaryl/α,β-unsaturated/α-hetero) is 1. The number of amides is 1. The van der Waals surface area contributed by atoms with E-state index in [2.05, 4.69) is 69.3 Å². The van der Waals surface area contributed by atoms with Crippen molar-refractivity contribution in [1.82, 2.24) is 4.90 Å². The first-order valence-corrected chi connectivity index (χ1v) is 14.9. The van der Waals surface area contributed by atoms with Gasteiger partial charge in [0.15, 0.2) is 5.78 Å². The van der Waals surface area contributed by atoms with Crippen LogP contribution >= 0.6 is 0 Å². The molecule has 1 saturated heterocycles. The molecule has 5 nitrogen and oxygen atoms in total. The average molecular weight is 516 g/mol. The van der Waals surface area contributed by atoms with Crippen molar-refractivity contribution in [3.63, 3.8) is 0 Å². The third-order valence-corrected chi connectivity index (χ3v) is 12.4. The van der Waals surface area contributed by atoms with Crippen LogP contribution in [0.25, 0.3) is 0 Å². The van der Waals surface area contributed by atoms with Gasteiger partial charge < -0.3 is 14.1 Å². The summed E-state index contributed by atoms with van der Waals surface area (Å²) >= 11 is 0. The van der Waals surface area contributed by atoms with Crippen molar-refractivity contribution in [3.05, 3.63) is 96.6 Å². The lowest BCUT2D eigenvalue weighted by Crippen LogP contribution is -2.68. The van der Waals surface area contributed by atoms with E-state index in [0.29, 0.717) is 24.9 Å². The van der Waals surface area contributed by atoms with Crippen LogP contribution in [0.2, 0.25) is 5.04 Å². The van der Waals surface area contributed by atoms with Crippen LogP contribution in [-0.4, -0.2) is 50.9 Å². The fourth-order valence-electron chi connectivity index (χ4n) is 5.57. The second-order valence-electron chi connectivity index (χ2n) is 10.7. The highest BCUT2D eigenvalue weighted by atomic mass is 28.4. The standard InChI is InChI=1S/C31H37NO4Si/c1-31(2,3)37(27-16-10-6-11-17-27,28-18-12-7-13-19-28)36-26-20-21-32(30(34)35-4)25(22-26)23-29(33)24-14-8-5-9-15-24/h5-19,25-26H,20-23H2,1-4H3/t25-,26+/m1/s1. The van der Waals surface area contributed by atoms with E-state index in [1.165, 1.54) is 17.5 Å². The maximum absolute atomic E-state index is 13.2. The highest BCUT2D eigenvalue weighted by Crippen LogP contribution is 2.39. The van der Waals surface area contributed by atoms with Gasteiger partial charge in [0.2, 0.25) is 0 Å². The molecule has 3 aromatic rings. The van der Waals surface area contributed by atoms with Gasteiger partial charge in [0.05, 0.1) is 7.11 Å². The number of benzene rings is 3. The fraction of sp³-hybridized carbons (Fsp3) is 0.355. The molecule has 0 aliphatic carbocycles. The Bertz CT molecular complexity index is 1140. The summed E-state index contributed by atoms with van der Waals surface area (Å²) in [6, 6.07) is 30.1. The van der Waals surface area contributed by atoms with Crippen LogP contribution in [0.5, 0.6) is 0 Å². The molecule has 0 aromatic heterocycles. The molecule has 3 aromatic carbocycles. The SMILES string of the molecule is COC(=O)N1CC[C@H](O[Si](c2ccccc2)(c2ccccc2)C(C)(C)C)C[C@@H]1CC(=O)c1ccccc1. The average Bonchev–Trinajstić information content (AvgIpc) is 2.92. The zero-order valence-corrected chi connectivity index (χ0v) is 23.2. The summed E-state index contributed by atoms with van der Waals surface area (Å²) in [6.45, 7) is 7.28. The number of methoxy groups -OCH3 is 1. The molecule has 0 saturated carbocycles. The maximum atomic E-state index is 13.2. The first-order valence-electron chi connectivity index (χ1n) is 13.0. The molecule has 0 bridgehead atoms. The Morgan fingerprint density at radius 3 is 1.86 bits per heavy atom. The van der Waals surface area contributed by atoms with E-state index in [-0.39, 0.29) is 29.4 Å². The molecular weight excluding hydrogens is 478 g/mol. The summed E-state index contributed by atoms with van der Waals surface area (Å²) in [6.07, 6.45) is 1.02. The van der Waals surface area contributed by atoms with Gasteiger partial charge in [-0.3, -0.25) is 4.79 Å². The number of rotatable bonds is 7. The molecule has 2 atom stereocenters. The number of ether oxygens (including phenoxy) is 1. The molecule has 0 spiro atoms. The van der Waals surface area contributed by atoms with Crippen molar-refractivity contribution in [2.24, 2.45) is 0 Å². The molecule has 1 aliphatic heterocycles. The number of carbonyl (C=O) groups is 2. The summed E-state index contributed by atoms with van der Waals surface area (Å²) in [4.78, 5) is 27.5. The number of piperidine rings is 1. The molecule has 1 fully saturated rings. The molecule has 0 radical (unpaired) electrons. The van der Waals surface area contributed by atoms with E-state index < -0.39 is 14.4 Å². The summed E-state index contributed by atoms with van der Waals surface area (Å²) in [7, 11) is -1.36. The van der Waals surface area contributed by atoms with Crippen LogP contribution in [0.4, 0.5) is 4.79 Å². The Morgan fingerprint density at radius 1 is 0.865 bits per heavy atom. The summed E-state index contributed by atoms with van der Waals surface area (Å²) < 4.78 is 12.4. The van der Waals surface area contributed by atoms with Gasteiger partial charge >= 0.3 is 6.09 Å². The third-order valence-electron chi connectivity index (χ3n) is 7.35. The van der Waals surface area contributed by atoms with Gasteiger partial charge in [0.1, 0.15) is 0 Å². The minimum absolute atomic E-state index is 0.0191. The summed E-state index contributed by atoms with van der Waals surface area (Å²) in [5.74, 6) is 0.0191. The maximum Gasteiger partial charge on any atom is 0.409 e. The predicted molar refractivity (Wildman–Crippen MR) is 150 cm³/mol. The fourth-order valence-corrected chi connectivity index (χ4v) is 10.3. The van der Waals surface area contributed by atoms with Crippen LogP contribution in [0, 0.1) is 0 Å². The van der Waals surface area contributed by atoms with Gasteiger partial charge in [-0.05, 0) is 28.3 Å². The van der Waals surface area contributed by atoms with Crippen molar-refractivity contribution in [3.8, 4) is 0 Å². The minimum Gasteiger partial charge on any atom is -0.453 e. The van der Waals surface area contributed by atoms with Crippen molar-refractivity contribution in [2.45, 2.75) is 57.2 Å². The van der Waals surface area contributed by atoms with E-state index in [1.54, 1.807) is 4.90 Å². The lowest BCUT2D eigenvalue weighted by molar-refractivity contribution is 0.0392. The molecule has 1 aliphatic rings. The molecule has 4 rings (SSSR count). The van der Waals surface area contributed by atoms with Crippen LogP contribution in [0.3, 0.4) is 0 Å². The number of hydrogen-bond donors (Lipinski definition) is 0. The second kappa shape index (κ2) is 11.4. The largest absolute Gasteiger partial charge is 0.453 e. The Balaban J connectivity index is 1.69. The van der Waals surface area contributed by atoms with E-state index in [1.807, 2.05) is 42.5 Å². The van der Waals surface area contributed by atoms with Gasteiger partial charge in [-0.15, -0.1) is 0 Å². The monoisotopic (exact) mass is 515 g/mol. The molecular formula is C31H37NO4Si. The van der Waals surface area contributed by atoms with Gasteiger partial charge in [-0.1, -0.05) is 112 Å². The van der Waals surface area contributed by atoms with Crippen molar-refractivity contribution >= 4 is 30.6 Å². The zero-order chi connectivity index (χ0) is 26.5. The minimum atomic E-state index is -2.75. The van der Waals surface area contributed by atoms with E-state index >= 15 is 0 Å². The highest BCUT2D eigenvalue weighted by Gasteiger charge is 2.52. The van der Waals surface area contributed by atoms with Gasteiger partial charge in [-0.2, -0.15) is 0 Å². The van der Waals surface area contributed by atoms with E-state index in [9.17, 15) is 9.59 Å².